The van der Waals surface area contributed by atoms with Crippen molar-refractivity contribution < 1.29 is 14.6 Å². The Morgan fingerprint density at radius 1 is 1.17 bits per heavy atom. The number of amidine groups is 1. The number of benzene rings is 2. The zero-order valence-corrected chi connectivity index (χ0v) is 12.9. The molecule has 118 valence electrons. The van der Waals surface area contributed by atoms with Gasteiger partial charge in [0, 0.05) is 22.7 Å². The number of hydrogen-bond donors (Lipinski definition) is 1. The molecule has 0 aliphatic heterocycles. The number of non-ortho nitro benzene ring substituents is 1. The van der Waals surface area contributed by atoms with Crippen molar-refractivity contribution in [2.45, 2.75) is 0 Å². The monoisotopic (exact) mass is 353 g/mol. The minimum absolute atomic E-state index is 0.0799. The Morgan fingerprint density at radius 2 is 1.83 bits per heavy atom. The molecule has 0 unspecified atom stereocenters. The van der Waals surface area contributed by atoms with Crippen molar-refractivity contribution in [3.05, 3.63) is 73.8 Å². The number of nitro groups is 1. The summed E-state index contributed by atoms with van der Waals surface area (Å²) < 4.78 is 0. The molecule has 0 spiro atoms. The molecule has 0 fully saturated rings. The van der Waals surface area contributed by atoms with Gasteiger partial charge in [-0.25, -0.2) is 4.79 Å². The lowest BCUT2D eigenvalue weighted by Crippen LogP contribution is -2.15. The van der Waals surface area contributed by atoms with Crippen LogP contribution in [0, 0.1) is 10.1 Å². The molecule has 0 aliphatic carbocycles. The number of nitrogens with two attached hydrogens (primary N) is 1. The molecule has 2 aromatic carbocycles. The molecule has 0 aliphatic rings. The van der Waals surface area contributed by atoms with Crippen LogP contribution in [0.4, 0.5) is 5.69 Å². The Balaban J connectivity index is 2.12. The summed E-state index contributed by atoms with van der Waals surface area (Å²) in [6, 6.07) is 9.56. The van der Waals surface area contributed by atoms with E-state index in [9.17, 15) is 14.9 Å². The van der Waals surface area contributed by atoms with E-state index in [-0.39, 0.29) is 22.1 Å². The summed E-state index contributed by atoms with van der Waals surface area (Å²) in [5.41, 5.74) is 6.01. The molecule has 23 heavy (non-hydrogen) atoms. The highest BCUT2D eigenvalue weighted by Crippen LogP contribution is 2.21. The molecule has 7 nitrogen and oxygen atoms in total. The van der Waals surface area contributed by atoms with Crippen molar-refractivity contribution in [1.29, 1.82) is 0 Å². The van der Waals surface area contributed by atoms with E-state index in [0.717, 1.165) is 0 Å². The molecule has 0 aromatic heterocycles. The zero-order valence-electron chi connectivity index (χ0n) is 11.4. The first-order chi connectivity index (χ1) is 10.9. The van der Waals surface area contributed by atoms with Gasteiger partial charge in [0.25, 0.3) is 5.69 Å². The van der Waals surface area contributed by atoms with Crippen molar-refractivity contribution in [2.75, 3.05) is 0 Å². The largest absolute Gasteiger partial charge is 0.380 e. The maximum Gasteiger partial charge on any atom is 0.367 e. The van der Waals surface area contributed by atoms with E-state index in [1.165, 1.54) is 42.5 Å². The van der Waals surface area contributed by atoms with E-state index in [1.54, 1.807) is 0 Å². The summed E-state index contributed by atoms with van der Waals surface area (Å²) in [7, 11) is 0. The van der Waals surface area contributed by atoms with Crippen LogP contribution in [-0.2, 0) is 4.84 Å². The van der Waals surface area contributed by atoms with Gasteiger partial charge in [0.15, 0.2) is 5.84 Å². The van der Waals surface area contributed by atoms with E-state index in [2.05, 4.69) is 5.16 Å². The molecule has 0 atom stereocenters. The van der Waals surface area contributed by atoms with E-state index < -0.39 is 10.9 Å². The van der Waals surface area contributed by atoms with Gasteiger partial charge < -0.3 is 10.6 Å². The van der Waals surface area contributed by atoms with Crippen molar-refractivity contribution in [1.82, 2.24) is 0 Å². The van der Waals surface area contributed by atoms with Gasteiger partial charge in [0.1, 0.15) is 0 Å². The van der Waals surface area contributed by atoms with Gasteiger partial charge in [-0.3, -0.25) is 10.1 Å². The molecule has 0 saturated heterocycles. The normalized spacial score (nSPS) is 11.1. The molecule has 2 aromatic rings. The van der Waals surface area contributed by atoms with Crippen LogP contribution >= 0.6 is 23.2 Å². The molecule has 2 rings (SSSR count). The maximum atomic E-state index is 11.9. The fourth-order valence-corrected chi connectivity index (χ4v) is 2.09. The van der Waals surface area contributed by atoms with Crippen molar-refractivity contribution in [3.63, 3.8) is 0 Å². The van der Waals surface area contributed by atoms with Crippen LogP contribution in [0.3, 0.4) is 0 Å². The van der Waals surface area contributed by atoms with Crippen LogP contribution in [0.2, 0.25) is 10.0 Å². The lowest BCUT2D eigenvalue weighted by molar-refractivity contribution is -0.384. The van der Waals surface area contributed by atoms with Crippen molar-refractivity contribution in [2.24, 2.45) is 10.9 Å². The van der Waals surface area contributed by atoms with Crippen molar-refractivity contribution in [3.8, 4) is 0 Å². The molecule has 0 bridgehead atoms. The first-order valence-electron chi connectivity index (χ1n) is 6.13. The number of nitro benzene ring substituents is 1. The lowest BCUT2D eigenvalue weighted by atomic mass is 10.2. The third kappa shape index (κ3) is 4.18. The molecular weight excluding hydrogens is 345 g/mol. The zero-order chi connectivity index (χ0) is 17.0. The van der Waals surface area contributed by atoms with E-state index in [1.807, 2.05) is 0 Å². The second-order valence-corrected chi connectivity index (χ2v) is 5.13. The number of hydrogen-bond acceptors (Lipinski definition) is 5. The molecule has 0 radical (unpaired) electrons. The number of nitrogens with zero attached hydrogens (tertiary/aromatic N) is 2. The molecule has 2 N–H and O–H groups in total. The number of rotatable bonds is 4. The molecule has 0 saturated carbocycles. The third-order valence-corrected chi connectivity index (χ3v) is 3.30. The fraction of sp³-hybridized carbons (Fsp3) is 0. The Bertz CT molecular complexity index is 791. The number of halogens is 2. The smallest absolute Gasteiger partial charge is 0.367 e. The fourth-order valence-electron chi connectivity index (χ4n) is 1.60. The molecule has 0 heterocycles. The average molecular weight is 354 g/mol. The maximum absolute atomic E-state index is 11.9. The van der Waals surface area contributed by atoms with Crippen LogP contribution in [0.1, 0.15) is 15.9 Å². The average Bonchev–Trinajstić information content (AvgIpc) is 2.52. The second-order valence-electron chi connectivity index (χ2n) is 4.28. The van der Waals surface area contributed by atoms with Crippen molar-refractivity contribution >= 4 is 40.7 Å². The third-order valence-electron chi connectivity index (χ3n) is 2.75. The first-order valence-corrected chi connectivity index (χ1v) is 6.89. The highest BCUT2D eigenvalue weighted by molar-refractivity contribution is 6.36. The summed E-state index contributed by atoms with van der Waals surface area (Å²) in [5.74, 6) is -0.921. The van der Waals surface area contributed by atoms with Gasteiger partial charge in [-0.15, -0.1) is 0 Å². The van der Waals surface area contributed by atoms with Crippen LogP contribution in [0.5, 0.6) is 0 Å². The highest BCUT2D eigenvalue weighted by atomic mass is 35.5. The van der Waals surface area contributed by atoms with E-state index in [0.29, 0.717) is 10.6 Å². The second kappa shape index (κ2) is 7.08. The Kier molecular flexibility index (Phi) is 5.15. The first kappa shape index (κ1) is 16.7. The predicted octanol–water partition coefficient (Wildman–Crippen LogP) is 3.38. The van der Waals surface area contributed by atoms with Crippen LogP contribution in [0.15, 0.2) is 47.6 Å². The standard InChI is InChI=1S/C14H9Cl2N3O4/c15-9-3-6-11(12(16)7-9)14(20)23-18-13(17)8-1-4-10(5-2-8)19(21)22/h1-7H,(H2,17,18). The Hall–Kier alpha value is -2.64. The minimum Gasteiger partial charge on any atom is -0.380 e. The minimum atomic E-state index is -0.809. The van der Waals surface area contributed by atoms with Crippen LogP contribution in [-0.4, -0.2) is 16.7 Å². The summed E-state index contributed by atoms with van der Waals surface area (Å²) in [6.45, 7) is 0. The molecule has 9 heteroatoms. The number of carbonyl (C=O) groups excluding carboxylic acids is 1. The van der Waals surface area contributed by atoms with Gasteiger partial charge in [-0.2, -0.15) is 0 Å². The lowest BCUT2D eigenvalue weighted by Gasteiger charge is -2.03. The topological polar surface area (TPSA) is 108 Å². The number of oxime groups is 1. The number of carbonyl (C=O) groups is 1. The molecular formula is C14H9Cl2N3O4. The summed E-state index contributed by atoms with van der Waals surface area (Å²) in [6.07, 6.45) is 0. The summed E-state index contributed by atoms with van der Waals surface area (Å²) >= 11 is 11.6. The summed E-state index contributed by atoms with van der Waals surface area (Å²) in [5, 5.41) is 14.5. The Labute approximate surface area is 140 Å². The van der Waals surface area contributed by atoms with Gasteiger partial charge in [-0.1, -0.05) is 28.4 Å². The van der Waals surface area contributed by atoms with Crippen LogP contribution in [0.25, 0.3) is 0 Å². The van der Waals surface area contributed by atoms with Gasteiger partial charge in [-0.05, 0) is 30.3 Å². The van der Waals surface area contributed by atoms with Crippen LogP contribution < -0.4 is 5.73 Å². The van der Waals surface area contributed by atoms with E-state index in [4.69, 9.17) is 33.8 Å². The van der Waals surface area contributed by atoms with E-state index >= 15 is 0 Å². The Morgan fingerprint density at radius 3 is 2.39 bits per heavy atom. The quantitative estimate of drug-likeness (QED) is 0.298. The van der Waals surface area contributed by atoms with Gasteiger partial charge >= 0.3 is 5.97 Å². The highest BCUT2D eigenvalue weighted by Gasteiger charge is 2.13. The SMILES string of the molecule is NC(=NOC(=O)c1ccc(Cl)cc1Cl)c1ccc([N+](=O)[O-])cc1. The van der Waals surface area contributed by atoms with Gasteiger partial charge in [0.05, 0.1) is 15.5 Å². The summed E-state index contributed by atoms with van der Waals surface area (Å²) in [4.78, 5) is 26.6. The van der Waals surface area contributed by atoms with Gasteiger partial charge in [0.2, 0.25) is 0 Å². The molecule has 0 amide bonds. The predicted molar refractivity (Wildman–Crippen MR) is 85.7 cm³/mol.